The Hall–Kier alpha value is -5.32. The number of carbonyl (C=O) groups is 8. The fourth-order valence-electron chi connectivity index (χ4n) is 13.5. The van der Waals surface area contributed by atoms with Gasteiger partial charge in [-0.25, -0.2) is 0 Å². The molecular weight excluding hydrogens is 1010 g/mol. The average molecular weight is 1120 g/mol. The van der Waals surface area contributed by atoms with E-state index in [0.29, 0.717) is 30.2 Å². The number of allylic oxidation sites excluding steroid dienone is 1. The van der Waals surface area contributed by atoms with Gasteiger partial charge in [-0.3, -0.25) is 38.4 Å². The first-order chi connectivity index (χ1) is 38.2. The van der Waals surface area contributed by atoms with E-state index >= 15 is 0 Å². The molecule has 4 aliphatic rings. The van der Waals surface area contributed by atoms with Crippen LogP contribution in [0, 0.1) is 46.3 Å². The second-order valence-corrected chi connectivity index (χ2v) is 24.6. The summed E-state index contributed by atoms with van der Waals surface area (Å²) in [5.74, 6) is 2.05. The molecule has 1 aromatic rings. The molecule has 450 valence electrons. The number of carboxylic acids is 1. The summed E-state index contributed by atoms with van der Waals surface area (Å²) in [6.45, 7) is 19.9. The van der Waals surface area contributed by atoms with Gasteiger partial charge in [0.15, 0.2) is 0 Å². The van der Waals surface area contributed by atoms with E-state index in [1.54, 1.807) is 24.3 Å². The molecule has 3 saturated carbocycles. The fourth-order valence-corrected chi connectivity index (χ4v) is 13.5. The lowest BCUT2D eigenvalue weighted by Gasteiger charge is -2.58. The van der Waals surface area contributed by atoms with Crippen molar-refractivity contribution in [1.82, 2.24) is 42.5 Å². The third kappa shape index (κ3) is 22.6. The zero-order valence-corrected chi connectivity index (χ0v) is 50.2. The van der Waals surface area contributed by atoms with Gasteiger partial charge in [-0.15, -0.1) is 0 Å². The summed E-state index contributed by atoms with van der Waals surface area (Å²) < 4.78 is 0. The minimum atomic E-state index is -1.19. The Balaban J connectivity index is 0.000000364. The third-order valence-electron chi connectivity index (χ3n) is 18.1. The monoisotopic (exact) mass is 1120 g/mol. The number of carbonyl (C=O) groups excluding carboxylic acids is 7. The van der Waals surface area contributed by atoms with Gasteiger partial charge in [0.25, 0.3) is 0 Å². The Bertz CT molecular complexity index is 2170. The SMILES string of the molecule is CC(=O)NCCC(=O)NCCC(=O)NCCC(=O)NCCC(=O)NCCCCC(=O)N[C@H](Cc1ccccc1)C(=O)N[C@H](C)C(=O)O.CCCCCN[C@H]1CCC2(C)C(=CC[C@@H]3C2CCC2(C)C3CCC2[C@H](C)CCCC(C)C)C1. The van der Waals surface area contributed by atoms with Crippen LogP contribution in [0.5, 0.6) is 0 Å². The number of rotatable bonds is 33. The molecule has 80 heavy (non-hydrogen) atoms. The van der Waals surface area contributed by atoms with Crippen LogP contribution in [0.15, 0.2) is 42.0 Å². The Morgan fingerprint density at radius 1 is 0.625 bits per heavy atom. The van der Waals surface area contributed by atoms with Crippen LogP contribution in [0.2, 0.25) is 0 Å². The highest BCUT2D eigenvalue weighted by atomic mass is 16.4. The molecule has 0 radical (unpaired) electrons. The number of unbranched alkanes of at least 4 members (excludes halogenated alkanes) is 3. The van der Waals surface area contributed by atoms with Gasteiger partial charge in [-0.1, -0.05) is 116 Å². The maximum atomic E-state index is 12.6. The molecule has 17 heteroatoms. The maximum Gasteiger partial charge on any atom is 0.325 e. The standard InChI is InChI=1S/C32H57N.C31H47N7O9/c1-7-8-9-21-33-26-17-19-31(5)25(22-26)13-14-27-29-16-15-28(24(4)12-10-11-23(2)3)32(29,6)20-18-30(27)31;1-21(31(46)47)37-30(45)24(20-23-8-4-3-5-9-23)38-29(44)10-6-7-15-33-25(40)12-17-35-27(42)14-19-36-28(43)13-18-34-26(41)11-16-32-22(2)39/h13,23-24,26-30,33H,7-12,14-22H2,1-6H3;3-5,8-9,21,24H,6-7,10-20H2,1-2H3,(H,32,39)(H,33,40)(H,34,41)(H,35,42)(H,36,43)(H,37,45)(H,38,44)(H,46,47)/t24-,26+,27+,28?,29?,30?,31?,32?;21-,24-/m11/s1. The number of nitrogens with one attached hydrogen (secondary N) is 8. The molecule has 5 rings (SSSR count). The largest absolute Gasteiger partial charge is 0.480 e. The lowest BCUT2D eigenvalue weighted by atomic mass is 9.47. The van der Waals surface area contributed by atoms with E-state index in [2.05, 4.69) is 90.2 Å². The van der Waals surface area contributed by atoms with Crippen molar-refractivity contribution in [3.05, 3.63) is 47.5 Å². The number of hydrogen-bond acceptors (Lipinski definition) is 9. The summed E-state index contributed by atoms with van der Waals surface area (Å²) in [5.41, 5.74) is 3.78. The highest BCUT2D eigenvalue weighted by Gasteiger charge is 2.59. The van der Waals surface area contributed by atoms with Crippen molar-refractivity contribution in [2.24, 2.45) is 46.3 Å². The van der Waals surface area contributed by atoms with Crippen molar-refractivity contribution in [2.45, 2.75) is 215 Å². The number of hydrogen-bond donors (Lipinski definition) is 9. The quantitative estimate of drug-likeness (QED) is 0.0244. The van der Waals surface area contributed by atoms with Crippen LogP contribution in [-0.4, -0.2) is 110 Å². The first-order valence-electron chi connectivity index (χ1n) is 30.8. The van der Waals surface area contributed by atoms with E-state index in [1.807, 2.05) is 11.6 Å². The molecule has 4 aliphatic carbocycles. The van der Waals surface area contributed by atoms with Crippen molar-refractivity contribution < 1.29 is 43.5 Å². The molecule has 7 amide bonds. The third-order valence-corrected chi connectivity index (χ3v) is 18.1. The van der Waals surface area contributed by atoms with Crippen molar-refractivity contribution in [3.8, 4) is 0 Å². The molecule has 1 aromatic carbocycles. The van der Waals surface area contributed by atoms with E-state index in [4.69, 9.17) is 5.11 Å². The van der Waals surface area contributed by atoms with Gasteiger partial charge in [0.2, 0.25) is 41.4 Å². The molecule has 0 spiro atoms. The topological polar surface area (TPSA) is 253 Å². The molecule has 5 unspecified atom stereocenters. The molecule has 0 bridgehead atoms. The number of amides is 7. The van der Waals surface area contributed by atoms with Crippen LogP contribution in [0.4, 0.5) is 0 Å². The number of fused-ring (bicyclic) bond motifs is 5. The molecule has 0 aliphatic heterocycles. The van der Waals surface area contributed by atoms with Gasteiger partial charge >= 0.3 is 5.97 Å². The molecule has 0 saturated heterocycles. The van der Waals surface area contributed by atoms with E-state index in [1.165, 1.54) is 110 Å². The zero-order valence-electron chi connectivity index (χ0n) is 50.2. The van der Waals surface area contributed by atoms with Crippen LogP contribution < -0.4 is 42.5 Å². The summed E-state index contributed by atoms with van der Waals surface area (Å²) >= 11 is 0. The Labute approximate surface area is 479 Å². The summed E-state index contributed by atoms with van der Waals surface area (Å²) in [4.78, 5) is 94.5. The predicted octanol–water partition coefficient (Wildman–Crippen LogP) is 7.81. The van der Waals surface area contributed by atoms with Crippen molar-refractivity contribution in [1.29, 1.82) is 0 Å². The van der Waals surface area contributed by atoms with Gasteiger partial charge in [0, 0.05) is 84.2 Å². The second-order valence-electron chi connectivity index (χ2n) is 24.6. The highest BCUT2D eigenvalue weighted by molar-refractivity contribution is 5.90. The predicted molar refractivity (Wildman–Crippen MR) is 315 cm³/mol. The van der Waals surface area contributed by atoms with E-state index in [9.17, 15) is 38.4 Å². The van der Waals surface area contributed by atoms with Crippen LogP contribution in [-0.2, 0) is 44.8 Å². The molecule has 0 heterocycles. The Morgan fingerprint density at radius 3 is 1.81 bits per heavy atom. The number of aliphatic carboxylic acids is 1. The van der Waals surface area contributed by atoms with Gasteiger partial charge < -0.3 is 47.6 Å². The molecule has 0 aromatic heterocycles. The summed E-state index contributed by atoms with van der Waals surface area (Å²) in [7, 11) is 0. The summed E-state index contributed by atoms with van der Waals surface area (Å²) in [6.07, 6.45) is 24.2. The van der Waals surface area contributed by atoms with E-state index < -0.39 is 24.0 Å². The molecule has 10 atom stereocenters. The molecule has 9 N–H and O–H groups in total. The number of benzene rings is 1. The van der Waals surface area contributed by atoms with E-state index in [-0.39, 0.29) is 100 Å². The van der Waals surface area contributed by atoms with Gasteiger partial charge in [0.05, 0.1) is 0 Å². The van der Waals surface area contributed by atoms with Crippen LogP contribution in [0.25, 0.3) is 0 Å². The van der Waals surface area contributed by atoms with Gasteiger partial charge in [-0.05, 0) is 136 Å². The van der Waals surface area contributed by atoms with Crippen LogP contribution >= 0.6 is 0 Å². The summed E-state index contributed by atoms with van der Waals surface area (Å²) in [5, 5.41) is 31.0. The van der Waals surface area contributed by atoms with Gasteiger partial charge in [0.1, 0.15) is 12.1 Å². The highest BCUT2D eigenvalue weighted by Crippen LogP contribution is 2.67. The normalized spacial score (nSPS) is 23.9. The average Bonchev–Trinajstić information content (AvgIpc) is 4.00. The first-order valence-corrected chi connectivity index (χ1v) is 30.8. The zero-order chi connectivity index (χ0) is 58.7. The minimum Gasteiger partial charge on any atom is -0.480 e. The van der Waals surface area contributed by atoms with Gasteiger partial charge in [-0.2, -0.15) is 0 Å². The minimum absolute atomic E-state index is 0.0188. The van der Waals surface area contributed by atoms with Crippen molar-refractivity contribution in [2.75, 3.05) is 39.3 Å². The molecular formula is C63H104N8O9. The van der Waals surface area contributed by atoms with E-state index in [0.717, 1.165) is 47.1 Å². The van der Waals surface area contributed by atoms with Crippen molar-refractivity contribution >= 4 is 47.3 Å². The maximum absolute atomic E-state index is 12.6. The molecule has 17 nitrogen and oxygen atoms in total. The van der Waals surface area contributed by atoms with Crippen molar-refractivity contribution in [3.63, 3.8) is 0 Å². The Morgan fingerprint density at radius 2 is 1.23 bits per heavy atom. The van der Waals surface area contributed by atoms with Crippen LogP contribution in [0.1, 0.15) is 196 Å². The lowest BCUT2D eigenvalue weighted by molar-refractivity contribution is -0.141. The first kappa shape index (κ1) is 67.2. The van der Waals surface area contributed by atoms with Crippen LogP contribution in [0.3, 0.4) is 0 Å². The number of carboxylic acid groups (broad SMARTS) is 1. The lowest BCUT2D eigenvalue weighted by Crippen LogP contribution is -2.51. The smallest absolute Gasteiger partial charge is 0.325 e. The molecule has 3 fully saturated rings. The Kier molecular flexibility index (Phi) is 29.3. The fraction of sp³-hybridized carbons (Fsp3) is 0.746. The summed E-state index contributed by atoms with van der Waals surface area (Å²) in [6, 6.07) is 7.69. The second kappa shape index (κ2) is 34.8.